The number of aromatic nitrogens is 1. The lowest BCUT2D eigenvalue weighted by Gasteiger charge is -2.27. The van der Waals surface area contributed by atoms with Crippen LogP contribution in [0.2, 0.25) is 0 Å². The van der Waals surface area contributed by atoms with E-state index in [1.165, 1.54) is 18.4 Å². The molecule has 138 valence electrons. The molecule has 1 saturated heterocycles. The fourth-order valence-electron chi connectivity index (χ4n) is 3.76. The average molecular weight is 355 g/mol. The largest absolute Gasteiger partial charge is 0.379 e. The summed E-state index contributed by atoms with van der Waals surface area (Å²) in [5.41, 5.74) is 4.95. The van der Waals surface area contributed by atoms with Gasteiger partial charge < -0.3 is 19.5 Å². The van der Waals surface area contributed by atoms with Crippen LogP contribution < -0.4 is 5.32 Å². The van der Waals surface area contributed by atoms with Crippen LogP contribution in [0.25, 0.3) is 0 Å². The maximum Gasteiger partial charge on any atom is 0.254 e. The third kappa shape index (κ3) is 3.33. The molecule has 1 aromatic heterocycles. The van der Waals surface area contributed by atoms with Crippen molar-refractivity contribution in [2.45, 2.75) is 39.2 Å². The maximum atomic E-state index is 12.8. The van der Waals surface area contributed by atoms with Gasteiger partial charge in [0.1, 0.15) is 11.5 Å². The number of carbonyl (C=O) groups is 1. The minimum atomic E-state index is 0.0771. The molecule has 1 amide bonds. The van der Waals surface area contributed by atoms with Crippen molar-refractivity contribution < 1.29 is 14.1 Å². The Morgan fingerprint density at radius 3 is 2.88 bits per heavy atom. The molecule has 1 aromatic carbocycles. The summed E-state index contributed by atoms with van der Waals surface area (Å²) in [5.74, 6) is 1.12. The van der Waals surface area contributed by atoms with Crippen LogP contribution in [-0.2, 0) is 24.1 Å². The second kappa shape index (κ2) is 7.50. The number of nitrogens with one attached hydrogen (secondary N) is 1. The number of aryl methyl sites for hydroxylation is 1. The van der Waals surface area contributed by atoms with Crippen molar-refractivity contribution in [3.63, 3.8) is 0 Å². The van der Waals surface area contributed by atoms with Crippen molar-refractivity contribution >= 4 is 11.6 Å². The van der Waals surface area contributed by atoms with E-state index in [1.807, 2.05) is 30.0 Å². The van der Waals surface area contributed by atoms with Crippen molar-refractivity contribution in [1.29, 1.82) is 0 Å². The standard InChI is InChI=1S/C20H25N3O3/c1-14-15(20(24)23-9-11-25-12-10-23)6-4-7-17(14)21-13-18-16-5-2-3-8-19(16)26-22-18/h4,6-7,21H,2-3,5,8-13H2,1H3. The Labute approximate surface area is 153 Å². The van der Waals surface area contributed by atoms with Gasteiger partial charge in [0.2, 0.25) is 0 Å². The van der Waals surface area contributed by atoms with E-state index < -0.39 is 0 Å². The lowest BCUT2D eigenvalue weighted by atomic mass is 9.96. The predicted octanol–water partition coefficient (Wildman–Crippen LogP) is 2.95. The maximum absolute atomic E-state index is 12.8. The van der Waals surface area contributed by atoms with Crippen molar-refractivity contribution in [3.8, 4) is 0 Å². The van der Waals surface area contributed by atoms with E-state index in [0.717, 1.165) is 41.1 Å². The fraction of sp³-hybridized carbons (Fsp3) is 0.500. The zero-order chi connectivity index (χ0) is 17.9. The number of carbonyl (C=O) groups excluding carboxylic acids is 1. The molecule has 0 spiro atoms. The van der Waals surface area contributed by atoms with Crippen molar-refractivity contribution in [1.82, 2.24) is 10.1 Å². The summed E-state index contributed by atoms with van der Waals surface area (Å²) >= 11 is 0. The van der Waals surface area contributed by atoms with E-state index in [1.54, 1.807) is 0 Å². The highest BCUT2D eigenvalue weighted by Crippen LogP contribution is 2.26. The van der Waals surface area contributed by atoms with Gasteiger partial charge in [-0.15, -0.1) is 0 Å². The summed E-state index contributed by atoms with van der Waals surface area (Å²) in [4.78, 5) is 14.7. The average Bonchev–Trinajstić information content (AvgIpc) is 3.10. The second-order valence-electron chi connectivity index (χ2n) is 6.97. The van der Waals surface area contributed by atoms with Gasteiger partial charge in [0.25, 0.3) is 5.91 Å². The number of hydrogen-bond acceptors (Lipinski definition) is 5. The molecule has 1 fully saturated rings. The summed E-state index contributed by atoms with van der Waals surface area (Å²) in [6.45, 7) is 5.14. The Morgan fingerprint density at radius 2 is 2.04 bits per heavy atom. The molecule has 0 bridgehead atoms. The third-order valence-corrected chi connectivity index (χ3v) is 5.34. The summed E-state index contributed by atoms with van der Waals surface area (Å²) < 4.78 is 10.8. The first-order valence-electron chi connectivity index (χ1n) is 9.41. The lowest BCUT2D eigenvalue weighted by Crippen LogP contribution is -2.41. The Morgan fingerprint density at radius 1 is 1.23 bits per heavy atom. The van der Waals surface area contributed by atoms with Gasteiger partial charge in [0.15, 0.2) is 0 Å². The van der Waals surface area contributed by atoms with E-state index in [0.29, 0.717) is 32.8 Å². The zero-order valence-electron chi connectivity index (χ0n) is 15.2. The topological polar surface area (TPSA) is 67.6 Å². The van der Waals surface area contributed by atoms with Gasteiger partial charge in [-0.3, -0.25) is 4.79 Å². The van der Waals surface area contributed by atoms with Gasteiger partial charge in [-0.25, -0.2) is 0 Å². The number of fused-ring (bicyclic) bond motifs is 1. The number of amides is 1. The molecule has 2 aromatic rings. The smallest absolute Gasteiger partial charge is 0.254 e. The molecule has 4 rings (SSSR count). The van der Waals surface area contributed by atoms with Gasteiger partial charge in [0.05, 0.1) is 19.8 Å². The first kappa shape index (κ1) is 17.1. The van der Waals surface area contributed by atoms with Crippen LogP contribution in [0, 0.1) is 6.92 Å². The van der Waals surface area contributed by atoms with E-state index >= 15 is 0 Å². The van der Waals surface area contributed by atoms with Gasteiger partial charge >= 0.3 is 0 Å². The Kier molecular flexibility index (Phi) is 4.93. The van der Waals surface area contributed by atoms with E-state index in [9.17, 15) is 4.79 Å². The lowest BCUT2D eigenvalue weighted by molar-refractivity contribution is 0.0302. The number of hydrogen-bond donors (Lipinski definition) is 1. The Balaban J connectivity index is 1.49. The van der Waals surface area contributed by atoms with Crippen LogP contribution in [0.15, 0.2) is 22.7 Å². The second-order valence-corrected chi connectivity index (χ2v) is 6.97. The molecular formula is C20H25N3O3. The number of nitrogens with zero attached hydrogens (tertiary/aromatic N) is 2. The highest BCUT2D eigenvalue weighted by atomic mass is 16.5. The minimum Gasteiger partial charge on any atom is -0.379 e. The van der Waals surface area contributed by atoms with Crippen molar-refractivity contribution in [3.05, 3.63) is 46.3 Å². The van der Waals surface area contributed by atoms with Gasteiger partial charge in [-0.2, -0.15) is 0 Å². The van der Waals surface area contributed by atoms with E-state index in [-0.39, 0.29) is 5.91 Å². The molecule has 26 heavy (non-hydrogen) atoms. The van der Waals surface area contributed by atoms with Gasteiger partial charge in [-0.05, 0) is 43.9 Å². The zero-order valence-corrected chi connectivity index (χ0v) is 15.2. The van der Waals surface area contributed by atoms with Crippen LogP contribution >= 0.6 is 0 Å². The molecule has 6 heteroatoms. The molecule has 2 aliphatic rings. The number of ether oxygens (including phenoxy) is 1. The summed E-state index contributed by atoms with van der Waals surface area (Å²) in [6, 6.07) is 5.84. The molecular weight excluding hydrogens is 330 g/mol. The van der Waals surface area contributed by atoms with Crippen molar-refractivity contribution in [2.24, 2.45) is 0 Å². The monoisotopic (exact) mass is 355 g/mol. The molecule has 6 nitrogen and oxygen atoms in total. The highest BCUT2D eigenvalue weighted by molar-refractivity contribution is 5.97. The first-order valence-corrected chi connectivity index (χ1v) is 9.41. The predicted molar refractivity (Wildman–Crippen MR) is 98.4 cm³/mol. The Bertz CT molecular complexity index is 794. The van der Waals surface area contributed by atoms with Gasteiger partial charge in [-0.1, -0.05) is 11.2 Å². The number of anilines is 1. The summed E-state index contributed by atoms with van der Waals surface area (Å²) in [6.07, 6.45) is 4.42. The normalized spacial score (nSPS) is 17.0. The third-order valence-electron chi connectivity index (χ3n) is 5.34. The van der Waals surface area contributed by atoms with E-state index in [2.05, 4.69) is 10.5 Å². The summed E-state index contributed by atoms with van der Waals surface area (Å²) in [5, 5.41) is 7.69. The minimum absolute atomic E-state index is 0.0771. The highest BCUT2D eigenvalue weighted by Gasteiger charge is 2.22. The van der Waals surface area contributed by atoms with Gasteiger partial charge in [0, 0.05) is 36.3 Å². The molecule has 0 unspecified atom stereocenters. The van der Waals surface area contributed by atoms with Crippen LogP contribution in [0.4, 0.5) is 5.69 Å². The Hall–Kier alpha value is -2.34. The molecule has 0 saturated carbocycles. The molecule has 1 N–H and O–H groups in total. The van der Waals surface area contributed by atoms with Crippen LogP contribution in [0.5, 0.6) is 0 Å². The first-order chi connectivity index (χ1) is 12.7. The molecule has 1 aliphatic carbocycles. The molecule has 1 aliphatic heterocycles. The SMILES string of the molecule is Cc1c(NCc2noc3c2CCCC3)cccc1C(=O)N1CCOCC1. The molecule has 2 heterocycles. The molecule has 0 atom stereocenters. The van der Waals surface area contributed by atoms with E-state index in [4.69, 9.17) is 9.26 Å². The molecule has 0 radical (unpaired) electrons. The number of morpholine rings is 1. The van der Waals surface area contributed by atoms with Crippen LogP contribution in [-0.4, -0.2) is 42.3 Å². The quantitative estimate of drug-likeness (QED) is 0.913. The van der Waals surface area contributed by atoms with Crippen LogP contribution in [0.1, 0.15) is 45.8 Å². The van der Waals surface area contributed by atoms with Crippen molar-refractivity contribution in [2.75, 3.05) is 31.6 Å². The number of rotatable bonds is 4. The van der Waals surface area contributed by atoms with Crippen LogP contribution in [0.3, 0.4) is 0 Å². The fourth-order valence-corrected chi connectivity index (χ4v) is 3.76. The summed E-state index contributed by atoms with van der Waals surface area (Å²) in [7, 11) is 0. The number of benzene rings is 1.